The van der Waals surface area contributed by atoms with E-state index in [1.807, 2.05) is 54.3 Å². The Labute approximate surface area is 183 Å². The first kappa shape index (κ1) is 21.2. The number of aromatic amines is 1. The monoisotopic (exact) mass is 421 g/mol. The lowest BCUT2D eigenvalue weighted by Crippen LogP contribution is -2.46. The number of benzene rings is 2. The summed E-state index contributed by atoms with van der Waals surface area (Å²) in [6, 6.07) is 14.1. The molecule has 0 aliphatic carbocycles. The molecule has 2 heterocycles. The standard InChI is InChI=1S/C25H31N3O3/c1-17-22-15-21(31-4)9-10-23(22)26-24(17)25(29)28(19-11-13-27(2)14-12-19)16-18-5-7-20(30-3)8-6-18/h5-10,15,19,26H,11-14,16H2,1-4H3. The molecule has 2 aromatic carbocycles. The summed E-state index contributed by atoms with van der Waals surface area (Å²) in [5.74, 6) is 1.67. The second kappa shape index (κ2) is 9.02. The third kappa shape index (κ3) is 4.39. The second-order valence-corrected chi connectivity index (χ2v) is 8.35. The van der Waals surface area contributed by atoms with Crippen molar-refractivity contribution in [2.45, 2.75) is 32.4 Å². The Hall–Kier alpha value is -2.99. The zero-order valence-corrected chi connectivity index (χ0v) is 18.8. The van der Waals surface area contributed by atoms with Gasteiger partial charge < -0.3 is 24.3 Å². The molecular formula is C25H31N3O3. The van der Waals surface area contributed by atoms with Crippen molar-refractivity contribution >= 4 is 16.8 Å². The minimum atomic E-state index is 0.0537. The molecule has 1 aliphatic heterocycles. The largest absolute Gasteiger partial charge is 0.497 e. The van der Waals surface area contributed by atoms with E-state index >= 15 is 0 Å². The highest BCUT2D eigenvalue weighted by atomic mass is 16.5. The number of aryl methyl sites for hydroxylation is 1. The van der Waals surface area contributed by atoms with E-state index in [9.17, 15) is 4.79 Å². The number of aromatic nitrogens is 1. The van der Waals surface area contributed by atoms with Crippen molar-refractivity contribution in [2.75, 3.05) is 34.4 Å². The lowest BCUT2D eigenvalue weighted by molar-refractivity contribution is 0.0564. The molecule has 0 bridgehead atoms. The van der Waals surface area contributed by atoms with Crippen molar-refractivity contribution in [3.05, 3.63) is 59.3 Å². The van der Waals surface area contributed by atoms with Gasteiger partial charge in [-0.15, -0.1) is 0 Å². The van der Waals surface area contributed by atoms with Crippen LogP contribution in [0.4, 0.5) is 0 Å². The van der Waals surface area contributed by atoms with Crippen LogP contribution in [0.3, 0.4) is 0 Å². The number of ether oxygens (including phenoxy) is 2. The van der Waals surface area contributed by atoms with Gasteiger partial charge >= 0.3 is 0 Å². The number of methoxy groups -OCH3 is 2. The van der Waals surface area contributed by atoms with Crippen molar-refractivity contribution in [2.24, 2.45) is 0 Å². The molecule has 0 unspecified atom stereocenters. The summed E-state index contributed by atoms with van der Waals surface area (Å²) in [5, 5.41) is 1.02. The zero-order chi connectivity index (χ0) is 22.0. The molecule has 4 rings (SSSR count). The van der Waals surface area contributed by atoms with Crippen LogP contribution in [0.5, 0.6) is 11.5 Å². The number of hydrogen-bond donors (Lipinski definition) is 1. The number of fused-ring (bicyclic) bond motifs is 1. The number of piperidine rings is 1. The van der Waals surface area contributed by atoms with Gasteiger partial charge in [-0.25, -0.2) is 0 Å². The Balaban J connectivity index is 1.67. The fourth-order valence-corrected chi connectivity index (χ4v) is 4.39. The molecule has 6 heteroatoms. The van der Waals surface area contributed by atoms with E-state index in [2.05, 4.69) is 16.9 Å². The van der Waals surface area contributed by atoms with Gasteiger partial charge in [-0.1, -0.05) is 12.1 Å². The first-order valence-electron chi connectivity index (χ1n) is 10.8. The molecule has 6 nitrogen and oxygen atoms in total. The summed E-state index contributed by atoms with van der Waals surface area (Å²) in [5.41, 5.74) is 3.68. The first-order chi connectivity index (χ1) is 15.0. The zero-order valence-electron chi connectivity index (χ0n) is 18.8. The molecule has 1 N–H and O–H groups in total. The minimum absolute atomic E-state index is 0.0537. The Kier molecular flexibility index (Phi) is 6.18. The van der Waals surface area contributed by atoms with Gasteiger partial charge in [-0.3, -0.25) is 4.79 Å². The topological polar surface area (TPSA) is 57.8 Å². The van der Waals surface area contributed by atoms with Gasteiger partial charge in [0.1, 0.15) is 17.2 Å². The molecular weight excluding hydrogens is 390 g/mol. The normalized spacial score (nSPS) is 15.2. The molecule has 0 radical (unpaired) electrons. The van der Waals surface area contributed by atoms with Gasteiger partial charge in [0, 0.05) is 23.5 Å². The molecule has 1 aliphatic rings. The van der Waals surface area contributed by atoms with E-state index in [1.54, 1.807) is 14.2 Å². The highest BCUT2D eigenvalue weighted by Gasteiger charge is 2.30. The summed E-state index contributed by atoms with van der Waals surface area (Å²) in [6.45, 7) is 4.58. The van der Waals surface area contributed by atoms with Crippen LogP contribution in [0, 0.1) is 6.92 Å². The highest BCUT2D eigenvalue weighted by molar-refractivity contribution is 6.01. The number of hydrogen-bond acceptors (Lipinski definition) is 4. The Bertz CT molecular complexity index is 1050. The van der Waals surface area contributed by atoms with Crippen LogP contribution in [-0.2, 0) is 6.54 Å². The van der Waals surface area contributed by atoms with Crippen LogP contribution in [0.15, 0.2) is 42.5 Å². The van der Waals surface area contributed by atoms with Crippen LogP contribution in [0.1, 0.15) is 34.5 Å². The first-order valence-corrected chi connectivity index (χ1v) is 10.8. The van der Waals surface area contributed by atoms with Crippen LogP contribution in [-0.4, -0.2) is 61.1 Å². The van der Waals surface area contributed by atoms with E-state index in [0.717, 1.165) is 59.5 Å². The van der Waals surface area contributed by atoms with Crippen LogP contribution in [0.2, 0.25) is 0 Å². The molecule has 0 spiro atoms. The van der Waals surface area contributed by atoms with Gasteiger partial charge in [-0.05, 0) is 81.4 Å². The molecule has 1 saturated heterocycles. The van der Waals surface area contributed by atoms with Crippen molar-refractivity contribution in [1.82, 2.24) is 14.8 Å². The van der Waals surface area contributed by atoms with E-state index in [0.29, 0.717) is 12.2 Å². The molecule has 1 fully saturated rings. The summed E-state index contributed by atoms with van der Waals surface area (Å²) in [6.07, 6.45) is 1.96. The minimum Gasteiger partial charge on any atom is -0.497 e. The smallest absolute Gasteiger partial charge is 0.271 e. The summed E-state index contributed by atoms with van der Waals surface area (Å²) in [7, 11) is 5.46. The van der Waals surface area contributed by atoms with E-state index < -0.39 is 0 Å². The van der Waals surface area contributed by atoms with E-state index in [4.69, 9.17) is 9.47 Å². The highest BCUT2D eigenvalue weighted by Crippen LogP contribution is 2.29. The third-order valence-corrected chi connectivity index (χ3v) is 6.38. The third-order valence-electron chi connectivity index (χ3n) is 6.38. The molecule has 1 amide bonds. The van der Waals surface area contributed by atoms with Gasteiger partial charge in [-0.2, -0.15) is 0 Å². The Morgan fingerprint density at radius 1 is 1.06 bits per heavy atom. The number of carbonyl (C=O) groups excluding carboxylic acids is 1. The lowest BCUT2D eigenvalue weighted by Gasteiger charge is -2.37. The Morgan fingerprint density at radius 3 is 2.35 bits per heavy atom. The fourth-order valence-electron chi connectivity index (χ4n) is 4.39. The maximum Gasteiger partial charge on any atom is 0.271 e. The molecule has 0 atom stereocenters. The maximum atomic E-state index is 13.8. The van der Waals surface area contributed by atoms with Gasteiger partial charge in [0.2, 0.25) is 0 Å². The number of nitrogens with zero attached hydrogens (tertiary/aromatic N) is 2. The van der Waals surface area contributed by atoms with Crippen LogP contribution in [0.25, 0.3) is 10.9 Å². The second-order valence-electron chi connectivity index (χ2n) is 8.35. The summed E-state index contributed by atoms with van der Waals surface area (Å²) in [4.78, 5) is 21.6. The number of amides is 1. The van der Waals surface area contributed by atoms with Gasteiger partial charge in [0.05, 0.1) is 14.2 Å². The van der Waals surface area contributed by atoms with Crippen LogP contribution >= 0.6 is 0 Å². The molecule has 0 saturated carbocycles. The lowest BCUT2D eigenvalue weighted by atomic mass is 10.0. The van der Waals surface area contributed by atoms with E-state index in [1.165, 1.54) is 0 Å². The SMILES string of the molecule is COc1ccc(CN(C(=O)c2[nH]c3ccc(OC)cc3c2C)C2CCN(C)CC2)cc1. The molecule has 164 valence electrons. The average Bonchev–Trinajstić information content (AvgIpc) is 3.14. The van der Waals surface area contributed by atoms with Gasteiger partial charge in [0.25, 0.3) is 5.91 Å². The quantitative estimate of drug-likeness (QED) is 0.647. The summed E-state index contributed by atoms with van der Waals surface area (Å²) >= 11 is 0. The number of carbonyl (C=O) groups is 1. The summed E-state index contributed by atoms with van der Waals surface area (Å²) < 4.78 is 10.7. The fraction of sp³-hybridized carbons (Fsp3) is 0.400. The average molecular weight is 422 g/mol. The number of likely N-dealkylation sites (tertiary alicyclic amines) is 1. The number of rotatable bonds is 6. The predicted octanol–water partition coefficient (Wildman–Crippen LogP) is 4.23. The van der Waals surface area contributed by atoms with Crippen molar-refractivity contribution in [1.29, 1.82) is 0 Å². The van der Waals surface area contributed by atoms with E-state index in [-0.39, 0.29) is 11.9 Å². The molecule has 3 aromatic rings. The van der Waals surface area contributed by atoms with Crippen molar-refractivity contribution in [3.8, 4) is 11.5 Å². The van der Waals surface area contributed by atoms with Crippen molar-refractivity contribution < 1.29 is 14.3 Å². The van der Waals surface area contributed by atoms with Crippen molar-refractivity contribution in [3.63, 3.8) is 0 Å². The number of H-pyrrole nitrogens is 1. The van der Waals surface area contributed by atoms with Crippen LogP contribution < -0.4 is 9.47 Å². The predicted molar refractivity (Wildman–Crippen MR) is 123 cm³/mol. The van der Waals surface area contributed by atoms with Gasteiger partial charge in [0.15, 0.2) is 0 Å². The maximum absolute atomic E-state index is 13.8. The molecule has 1 aromatic heterocycles. The number of nitrogens with one attached hydrogen (secondary N) is 1. The molecule has 31 heavy (non-hydrogen) atoms. The Morgan fingerprint density at radius 2 is 1.71 bits per heavy atom.